The van der Waals surface area contributed by atoms with Gasteiger partial charge >= 0.3 is 0 Å². The van der Waals surface area contributed by atoms with Gasteiger partial charge in [-0.3, -0.25) is 9.69 Å². The van der Waals surface area contributed by atoms with E-state index < -0.39 is 0 Å². The predicted octanol–water partition coefficient (Wildman–Crippen LogP) is 2.66. The van der Waals surface area contributed by atoms with E-state index in [1.807, 2.05) is 49.1 Å². The lowest BCUT2D eigenvalue weighted by molar-refractivity contribution is -0.127. The molecular formula is C20H25N3O3. The van der Waals surface area contributed by atoms with Crippen LogP contribution in [0.5, 0.6) is 5.75 Å². The highest BCUT2D eigenvalue weighted by atomic mass is 16.5. The zero-order valence-electron chi connectivity index (χ0n) is 15.6. The third-order valence-electron chi connectivity index (χ3n) is 4.79. The molecule has 6 heteroatoms. The average Bonchev–Trinajstić information content (AvgIpc) is 2.99. The van der Waals surface area contributed by atoms with Gasteiger partial charge in [-0.05, 0) is 26.0 Å². The molecule has 6 nitrogen and oxygen atoms in total. The summed E-state index contributed by atoms with van der Waals surface area (Å²) >= 11 is 0. The number of carbonyl (C=O) groups excluding carboxylic acids is 1. The van der Waals surface area contributed by atoms with E-state index in [9.17, 15) is 4.79 Å². The summed E-state index contributed by atoms with van der Waals surface area (Å²) in [5.74, 6) is 1.68. The largest absolute Gasteiger partial charge is 0.496 e. The van der Waals surface area contributed by atoms with Crippen molar-refractivity contribution in [3.8, 4) is 5.75 Å². The number of para-hydroxylation sites is 1. The fourth-order valence-electron chi connectivity index (χ4n) is 3.15. The third kappa shape index (κ3) is 4.14. The number of nitrogens with zero attached hydrogens (tertiary/aromatic N) is 3. The van der Waals surface area contributed by atoms with Gasteiger partial charge in [0.2, 0.25) is 5.91 Å². The van der Waals surface area contributed by atoms with Crippen LogP contribution in [0.15, 0.2) is 34.9 Å². The minimum Gasteiger partial charge on any atom is -0.496 e. The first-order chi connectivity index (χ1) is 12.6. The summed E-state index contributed by atoms with van der Waals surface area (Å²) in [4.78, 5) is 16.7. The van der Waals surface area contributed by atoms with Crippen LogP contribution in [-0.4, -0.2) is 54.2 Å². The van der Waals surface area contributed by atoms with Gasteiger partial charge in [0.1, 0.15) is 11.5 Å². The van der Waals surface area contributed by atoms with Crippen molar-refractivity contribution in [1.29, 1.82) is 0 Å². The fourth-order valence-corrected chi connectivity index (χ4v) is 3.15. The number of methoxy groups -OCH3 is 1. The van der Waals surface area contributed by atoms with Crippen molar-refractivity contribution < 1.29 is 14.1 Å². The molecule has 0 bridgehead atoms. The number of aryl methyl sites for hydroxylation is 2. The topological polar surface area (TPSA) is 58.8 Å². The Hall–Kier alpha value is -2.60. The quantitative estimate of drug-likeness (QED) is 0.772. The Labute approximate surface area is 154 Å². The predicted molar refractivity (Wildman–Crippen MR) is 99.9 cm³/mol. The first kappa shape index (κ1) is 18.2. The summed E-state index contributed by atoms with van der Waals surface area (Å²) in [7, 11) is 1.63. The van der Waals surface area contributed by atoms with Crippen LogP contribution in [0.1, 0.15) is 22.6 Å². The molecule has 0 radical (unpaired) electrons. The number of hydrogen-bond donors (Lipinski definition) is 0. The van der Waals surface area contributed by atoms with E-state index >= 15 is 0 Å². The maximum Gasteiger partial charge on any atom is 0.246 e. The van der Waals surface area contributed by atoms with Crippen LogP contribution in [0, 0.1) is 13.8 Å². The molecule has 1 aromatic carbocycles. The number of carbonyl (C=O) groups is 1. The summed E-state index contributed by atoms with van der Waals surface area (Å²) in [5.41, 5.74) is 3.00. The normalized spacial score (nSPS) is 15.6. The molecule has 0 atom stereocenters. The van der Waals surface area contributed by atoms with E-state index in [-0.39, 0.29) is 5.91 Å². The van der Waals surface area contributed by atoms with E-state index in [1.54, 1.807) is 13.2 Å². The van der Waals surface area contributed by atoms with Gasteiger partial charge in [-0.15, -0.1) is 0 Å². The van der Waals surface area contributed by atoms with E-state index in [1.165, 1.54) is 0 Å². The number of aromatic nitrogens is 1. The number of hydrogen-bond acceptors (Lipinski definition) is 5. The second-order valence-electron chi connectivity index (χ2n) is 6.48. The molecule has 1 saturated heterocycles. The Kier molecular flexibility index (Phi) is 5.73. The summed E-state index contributed by atoms with van der Waals surface area (Å²) in [5, 5.41) is 4.01. The highest BCUT2D eigenvalue weighted by molar-refractivity contribution is 5.92. The third-order valence-corrected chi connectivity index (χ3v) is 4.79. The monoisotopic (exact) mass is 355 g/mol. The summed E-state index contributed by atoms with van der Waals surface area (Å²) < 4.78 is 10.5. The van der Waals surface area contributed by atoms with Gasteiger partial charge in [-0.25, -0.2) is 0 Å². The lowest BCUT2D eigenvalue weighted by Gasteiger charge is -2.34. The average molecular weight is 355 g/mol. The molecule has 0 aliphatic carbocycles. The van der Waals surface area contributed by atoms with Crippen molar-refractivity contribution in [2.24, 2.45) is 0 Å². The Morgan fingerprint density at radius 1 is 1.23 bits per heavy atom. The van der Waals surface area contributed by atoms with Crippen LogP contribution in [0.4, 0.5) is 0 Å². The van der Waals surface area contributed by atoms with Crippen molar-refractivity contribution in [3.63, 3.8) is 0 Å². The molecular weight excluding hydrogens is 330 g/mol. The molecule has 2 aromatic rings. The van der Waals surface area contributed by atoms with Gasteiger partial charge in [0.25, 0.3) is 0 Å². The molecule has 1 aromatic heterocycles. The molecule has 1 aliphatic heterocycles. The van der Waals surface area contributed by atoms with Gasteiger partial charge in [0.05, 0.1) is 12.8 Å². The molecule has 0 N–H and O–H groups in total. The fraction of sp³-hybridized carbons (Fsp3) is 0.400. The zero-order valence-corrected chi connectivity index (χ0v) is 15.6. The Morgan fingerprint density at radius 2 is 1.96 bits per heavy atom. The van der Waals surface area contributed by atoms with Crippen molar-refractivity contribution >= 4 is 12.0 Å². The number of benzene rings is 1. The van der Waals surface area contributed by atoms with Crippen molar-refractivity contribution in [2.75, 3.05) is 33.3 Å². The molecule has 0 unspecified atom stereocenters. The molecule has 138 valence electrons. The minimum absolute atomic E-state index is 0.0351. The second-order valence-corrected chi connectivity index (χ2v) is 6.48. The number of piperazine rings is 1. The van der Waals surface area contributed by atoms with Crippen LogP contribution < -0.4 is 4.74 Å². The lowest BCUT2D eigenvalue weighted by Crippen LogP contribution is -2.47. The van der Waals surface area contributed by atoms with Crippen LogP contribution in [0.25, 0.3) is 6.08 Å². The standard InChI is InChI=1S/C20H25N3O3/c1-15-18(16(2)26-21-15)14-22-10-12-23(13-11-22)20(24)9-8-17-6-4-5-7-19(17)25-3/h4-9H,10-14H2,1-3H3/b9-8+. The molecule has 1 aliphatic rings. The van der Waals surface area contributed by atoms with E-state index in [2.05, 4.69) is 10.1 Å². The molecule has 1 fully saturated rings. The maximum absolute atomic E-state index is 12.5. The van der Waals surface area contributed by atoms with Crippen molar-refractivity contribution in [1.82, 2.24) is 15.0 Å². The van der Waals surface area contributed by atoms with E-state index in [0.717, 1.165) is 61.1 Å². The van der Waals surface area contributed by atoms with Gasteiger partial charge in [0, 0.05) is 49.9 Å². The Bertz CT molecular complexity index is 770. The van der Waals surface area contributed by atoms with Crippen molar-refractivity contribution in [3.05, 3.63) is 52.9 Å². The summed E-state index contributed by atoms with van der Waals surface area (Å²) in [6.45, 7) is 7.86. The van der Waals surface area contributed by atoms with Gasteiger partial charge < -0.3 is 14.2 Å². The van der Waals surface area contributed by atoms with Crippen LogP contribution in [0.3, 0.4) is 0 Å². The molecule has 26 heavy (non-hydrogen) atoms. The van der Waals surface area contributed by atoms with Gasteiger partial charge in [-0.2, -0.15) is 0 Å². The molecule has 0 spiro atoms. The highest BCUT2D eigenvalue weighted by Crippen LogP contribution is 2.19. The first-order valence-electron chi connectivity index (χ1n) is 8.82. The number of ether oxygens (including phenoxy) is 1. The Balaban J connectivity index is 1.54. The first-order valence-corrected chi connectivity index (χ1v) is 8.82. The van der Waals surface area contributed by atoms with Gasteiger partial charge in [-0.1, -0.05) is 23.4 Å². The van der Waals surface area contributed by atoms with Crippen molar-refractivity contribution in [2.45, 2.75) is 20.4 Å². The maximum atomic E-state index is 12.5. The summed E-state index contributed by atoms with van der Waals surface area (Å²) in [6, 6.07) is 7.66. The van der Waals surface area contributed by atoms with Crippen LogP contribution in [-0.2, 0) is 11.3 Å². The number of amides is 1. The van der Waals surface area contributed by atoms with Gasteiger partial charge in [0.15, 0.2) is 0 Å². The summed E-state index contributed by atoms with van der Waals surface area (Å²) in [6.07, 6.45) is 3.44. The molecule has 3 rings (SSSR count). The Morgan fingerprint density at radius 3 is 2.62 bits per heavy atom. The molecule has 1 amide bonds. The van der Waals surface area contributed by atoms with E-state index in [0.29, 0.717) is 0 Å². The number of rotatable bonds is 5. The minimum atomic E-state index is 0.0351. The molecule has 0 saturated carbocycles. The molecule has 2 heterocycles. The highest BCUT2D eigenvalue weighted by Gasteiger charge is 2.21. The van der Waals surface area contributed by atoms with Crippen LogP contribution >= 0.6 is 0 Å². The van der Waals surface area contributed by atoms with Crippen LogP contribution in [0.2, 0.25) is 0 Å². The second kappa shape index (κ2) is 8.19. The SMILES string of the molecule is COc1ccccc1/C=C/C(=O)N1CCN(Cc2c(C)noc2C)CC1. The lowest BCUT2D eigenvalue weighted by atomic mass is 10.1. The smallest absolute Gasteiger partial charge is 0.246 e. The van der Waals surface area contributed by atoms with E-state index in [4.69, 9.17) is 9.26 Å². The zero-order chi connectivity index (χ0) is 18.5.